The van der Waals surface area contributed by atoms with Crippen LogP contribution in [0.25, 0.3) is 0 Å². The predicted octanol–water partition coefficient (Wildman–Crippen LogP) is 3.16. The molecule has 0 radical (unpaired) electrons. The minimum absolute atomic E-state index is 0.0704. The second-order valence-corrected chi connectivity index (χ2v) is 3.22. The third kappa shape index (κ3) is 2.51. The van der Waals surface area contributed by atoms with E-state index in [1.807, 2.05) is 13.0 Å². The summed E-state index contributed by atoms with van der Waals surface area (Å²) in [5.74, 6) is 0.640. The van der Waals surface area contributed by atoms with Crippen LogP contribution in [0.4, 0.5) is 0 Å². The largest absolute Gasteiger partial charge is 0.487 e. The molecule has 0 heterocycles. The van der Waals surface area contributed by atoms with Gasteiger partial charge < -0.3 is 4.74 Å². The van der Waals surface area contributed by atoms with E-state index in [0.717, 1.165) is 0 Å². The van der Waals surface area contributed by atoms with Crippen LogP contribution < -0.4 is 4.74 Å². The maximum absolute atomic E-state index is 8.65. The summed E-state index contributed by atoms with van der Waals surface area (Å²) in [5.41, 5.74) is 0.449. The average Bonchev–Trinajstić information content (AvgIpc) is 2.18. The number of hydrogen-bond donors (Lipinski definition) is 0. The first-order valence-electron chi connectivity index (χ1n) is 4.16. The number of nitriles is 1. The van der Waals surface area contributed by atoms with Crippen LogP contribution in [0, 0.1) is 11.3 Å². The van der Waals surface area contributed by atoms with Crippen LogP contribution in [-0.2, 0) is 0 Å². The van der Waals surface area contributed by atoms with Crippen LogP contribution in [-0.4, -0.2) is 6.10 Å². The molecule has 0 N–H and O–H groups in total. The van der Waals surface area contributed by atoms with Gasteiger partial charge in [-0.1, -0.05) is 24.3 Å². The quantitative estimate of drug-likeness (QED) is 0.714. The Morgan fingerprint density at radius 1 is 1.64 bits per heavy atom. The van der Waals surface area contributed by atoms with E-state index in [9.17, 15) is 0 Å². The van der Waals surface area contributed by atoms with Crippen molar-refractivity contribution in [2.75, 3.05) is 0 Å². The van der Waals surface area contributed by atoms with Crippen molar-refractivity contribution < 1.29 is 4.74 Å². The van der Waals surface area contributed by atoms with Gasteiger partial charge >= 0.3 is 0 Å². The van der Waals surface area contributed by atoms with Gasteiger partial charge in [0.1, 0.15) is 17.9 Å². The number of nitrogens with zero attached hydrogens (tertiary/aromatic N) is 1. The molecule has 0 bridgehead atoms. The maximum atomic E-state index is 8.65. The van der Waals surface area contributed by atoms with Gasteiger partial charge in [0, 0.05) is 6.07 Å². The first kappa shape index (κ1) is 10.6. The van der Waals surface area contributed by atoms with Crippen LogP contribution in [0.5, 0.6) is 5.75 Å². The molecule has 14 heavy (non-hydrogen) atoms. The Kier molecular flexibility index (Phi) is 3.55. The molecule has 0 amide bonds. The van der Waals surface area contributed by atoms with Crippen LogP contribution in [0.2, 0.25) is 5.02 Å². The summed E-state index contributed by atoms with van der Waals surface area (Å²) in [5, 5.41) is 9.05. The number of halogens is 1. The molecule has 1 atom stereocenters. The van der Waals surface area contributed by atoms with Gasteiger partial charge in [0.05, 0.1) is 10.6 Å². The molecule has 0 aromatic heterocycles. The van der Waals surface area contributed by atoms with Crippen LogP contribution in [0.1, 0.15) is 12.5 Å². The molecule has 2 nitrogen and oxygen atoms in total. The van der Waals surface area contributed by atoms with Crippen molar-refractivity contribution >= 4 is 11.6 Å². The molecule has 0 saturated carbocycles. The van der Waals surface area contributed by atoms with Crippen molar-refractivity contribution in [1.82, 2.24) is 0 Å². The zero-order valence-electron chi connectivity index (χ0n) is 7.83. The Bertz CT molecular complexity index is 381. The molecule has 1 unspecified atom stereocenters. The van der Waals surface area contributed by atoms with Crippen LogP contribution >= 0.6 is 11.6 Å². The fourth-order valence-electron chi connectivity index (χ4n) is 0.923. The van der Waals surface area contributed by atoms with E-state index in [2.05, 4.69) is 6.58 Å². The van der Waals surface area contributed by atoms with E-state index in [1.54, 1.807) is 24.3 Å². The minimum atomic E-state index is -0.0704. The van der Waals surface area contributed by atoms with Gasteiger partial charge in [0.15, 0.2) is 0 Å². The second kappa shape index (κ2) is 4.69. The highest BCUT2D eigenvalue weighted by Gasteiger charge is 2.03. The lowest BCUT2D eigenvalue weighted by Crippen LogP contribution is -2.07. The smallest absolute Gasteiger partial charge is 0.121 e. The normalized spacial score (nSPS) is 11.5. The molecule has 0 spiro atoms. The molecule has 3 heteroatoms. The highest BCUT2D eigenvalue weighted by molar-refractivity contribution is 6.31. The molecule has 1 rings (SSSR count). The number of rotatable bonds is 3. The van der Waals surface area contributed by atoms with E-state index in [0.29, 0.717) is 16.3 Å². The van der Waals surface area contributed by atoms with E-state index in [1.165, 1.54) is 0 Å². The Hall–Kier alpha value is -1.46. The Morgan fingerprint density at radius 3 is 2.86 bits per heavy atom. The van der Waals surface area contributed by atoms with Crippen LogP contribution in [0.15, 0.2) is 30.9 Å². The Balaban J connectivity index is 2.87. The lowest BCUT2D eigenvalue weighted by molar-refractivity contribution is 0.270. The summed E-state index contributed by atoms with van der Waals surface area (Å²) in [6.45, 7) is 5.48. The predicted molar refractivity (Wildman–Crippen MR) is 56.5 cm³/mol. The van der Waals surface area contributed by atoms with Crippen molar-refractivity contribution in [2.24, 2.45) is 0 Å². The van der Waals surface area contributed by atoms with E-state index in [4.69, 9.17) is 21.6 Å². The SMILES string of the molecule is C=CC(C)Oc1ccc(C#N)c(Cl)c1. The zero-order chi connectivity index (χ0) is 10.6. The third-order valence-electron chi connectivity index (χ3n) is 1.71. The summed E-state index contributed by atoms with van der Waals surface area (Å²) in [4.78, 5) is 0. The average molecular weight is 208 g/mol. The van der Waals surface area contributed by atoms with Gasteiger partial charge in [0.2, 0.25) is 0 Å². The number of benzene rings is 1. The summed E-state index contributed by atoms with van der Waals surface area (Å²) in [7, 11) is 0. The summed E-state index contributed by atoms with van der Waals surface area (Å²) in [6, 6.07) is 6.95. The molecule has 1 aromatic carbocycles. The molecule has 0 aliphatic rings. The lowest BCUT2D eigenvalue weighted by atomic mass is 10.2. The molecular weight excluding hydrogens is 198 g/mol. The maximum Gasteiger partial charge on any atom is 0.121 e. The highest BCUT2D eigenvalue weighted by atomic mass is 35.5. The third-order valence-corrected chi connectivity index (χ3v) is 2.03. The topological polar surface area (TPSA) is 33.0 Å². The number of ether oxygens (including phenoxy) is 1. The van der Waals surface area contributed by atoms with Crippen molar-refractivity contribution in [3.8, 4) is 11.8 Å². The molecule has 0 aliphatic heterocycles. The van der Waals surface area contributed by atoms with Crippen molar-refractivity contribution in [1.29, 1.82) is 5.26 Å². The van der Waals surface area contributed by atoms with Gasteiger partial charge in [-0.25, -0.2) is 0 Å². The Morgan fingerprint density at radius 2 is 2.36 bits per heavy atom. The fraction of sp³-hybridized carbons (Fsp3) is 0.182. The molecule has 0 saturated heterocycles. The van der Waals surface area contributed by atoms with Gasteiger partial charge in [-0.3, -0.25) is 0 Å². The molecule has 0 aliphatic carbocycles. The van der Waals surface area contributed by atoms with Gasteiger partial charge in [-0.15, -0.1) is 0 Å². The zero-order valence-corrected chi connectivity index (χ0v) is 8.58. The molecule has 0 fully saturated rings. The van der Waals surface area contributed by atoms with Gasteiger partial charge in [-0.05, 0) is 19.1 Å². The minimum Gasteiger partial charge on any atom is -0.487 e. The highest BCUT2D eigenvalue weighted by Crippen LogP contribution is 2.22. The monoisotopic (exact) mass is 207 g/mol. The standard InChI is InChI=1S/C11H10ClNO/c1-3-8(2)14-10-5-4-9(7-13)11(12)6-10/h3-6,8H,1H2,2H3. The van der Waals surface area contributed by atoms with E-state index < -0.39 is 0 Å². The Labute approximate surface area is 88.4 Å². The van der Waals surface area contributed by atoms with Gasteiger partial charge in [0.25, 0.3) is 0 Å². The fourth-order valence-corrected chi connectivity index (χ4v) is 1.14. The summed E-state index contributed by atoms with van der Waals surface area (Å²) < 4.78 is 5.43. The molecule has 72 valence electrons. The van der Waals surface area contributed by atoms with E-state index >= 15 is 0 Å². The van der Waals surface area contributed by atoms with Crippen molar-refractivity contribution in [3.63, 3.8) is 0 Å². The summed E-state index contributed by atoms with van der Waals surface area (Å²) >= 11 is 5.83. The second-order valence-electron chi connectivity index (χ2n) is 2.81. The van der Waals surface area contributed by atoms with E-state index in [-0.39, 0.29) is 6.10 Å². The number of hydrogen-bond acceptors (Lipinski definition) is 2. The first-order valence-corrected chi connectivity index (χ1v) is 4.54. The molecular formula is C11H10ClNO. The van der Waals surface area contributed by atoms with Gasteiger partial charge in [-0.2, -0.15) is 5.26 Å². The van der Waals surface area contributed by atoms with Crippen LogP contribution in [0.3, 0.4) is 0 Å². The molecule has 1 aromatic rings. The van der Waals surface area contributed by atoms with Crippen molar-refractivity contribution in [3.05, 3.63) is 41.4 Å². The summed E-state index contributed by atoms with van der Waals surface area (Å²) in [6.07, 6.45) is 1.62. The first-order chi connectivity index (χ1) is 6.67. The van der Waals surface area contributed by atoms with Crippen molar-refractivity contribution in [2.45, 2.75) is 13.0 Å². The lowest BCUT2D eigenvalue weighted by Gasteiger charge is -2.10.